The Bertz CT molecular complexity index is 404. The van der Waals surface area contributed by atoms with Crippen molar-refractivity contribution in [1.82, 2.24) is 5.32 Å². The number of nitrogens with one attached hydrogen (secondary N) is 1. The maximum absolute atomic E-state index is 13.1. The fourth-order valence-corrected chi connectivity index (χ4v) is 2.63. The van der Waals surface area contributed by atoms with Crippen molar-refractivity contribution in [3.05, 3.63) is 29.3 Å². The zero-order valence-electron chi connectivity index (χ0n) is 11.5. The van der Waals surface area contributed by atoms with Crippen LogP contribution < -0.4 is 5.32 Å². The smallest absolute Gasteiger partial charge is 0.313 e. The molecule has 0 aliphatic rings. The first-order valence-corrected chi connectivity index (χ1v) is 7.33. The number of benzene rings is 1. The van der Waals surface area contributed by atoms with Crippen molar-refractivity contribution < 1.29 is 13.2 Å². The van der Waals surface area contributed by atoms with E-state index in [4.69, 9.17) is 0 Å². The zero-order chi connectivity index (χ0) is 14.5. The number of rotatable bonds is 6. The van der Waals surface area contributed by atoms with Gasteiger partial charge in [0.05, 0.1) is 5.56 Å². The highest BCUT2D eigenvalue weighted by Crippen LogP contribution is 2.39. The molecule has 0 saturated heterocycles. The summed E-state index contributed by atoms with van der Waals surface area (Å²) in [5.41, 5.74) is 0.149. The predicted octanol–water partition coefficient (Wildman–Crippen LogP) is 4.71. The minimum absolute atomic E-state index is 0.181. The molecule has 1 rings (SSSR count). The van der Waals surface area contributed by atoms with Crippen LogP contribution in [0.15, 0.2) is 23.1 Å². The van der Waals surface area contributed by atoms with E-state index in [1.807, 2.05) is 20.8 Å². The van der Waals surface area contributed by atoms with Crippen molar-refractivity contribution >= 4 is 11.8 Å². The number of thioether (sulfide) groups is 1. The van der Waals surface area contributed by atoms with E-state index in [2.05, 4.69) is 5.32 Å². The van der Waals surface area contributed by atoms with Crippen LogP contribution in [0.2, 0.25) is 0 Å². The summed E-state index contributed by atoms with van der Waals surface area (Å²) in [5.74, 6) is 0. The van der Waals surface area contributed by atoms with Crippen molar-refractivity contribution in [2.45, 2.75) is 50.1 Å². The second kappa shape index (κ2) is 7.20. The molecule has 1 atom stereocenters. The summed E-state index contributed by atoms with van der Waals surface area (Å²) in [5, 5.41) is 3.22. The first-order chi connectivity index (χ1) is 8.88. The van der Waals surface area contributed by atoms with Gasteiger partial charge >= 0.3 is 6.18 Å². The van der Waals surface area contributed by atoms with Crippen LogP contribution in [-0.2, 0) is 12.7 Å². The van der Waals surface area contributed by atoms with Gasteiger partial charge in [0.25, 0.3) is 0 Å². The van der Waals surface area contributed by atoms with Crippen molar-refractivity contribution in [2.75, 3.05) is 6.54 Å². The van der Waals surface area contributed by atoms with Crippen LogP contribution in [0.3, 0.4) is 0 Å². The second-order valence-corrected chi connectivity index (χ2v) is 5.93. The molecule has 5 heteroatoms. The van der Waals surface area contributed by atoms with Crippen LogP contribution in [0.25, 0.3) is 0 Å². The molecule has 0 saturated carbocycles. The third kappa shape index (κ3) is 5.07. The number of alkyl halides is 3. The third-order valence-corrected chi connectivity index (χ3v) is 4.18. The molecule has 0 amide bonds. The molecule has 0 aromatic heterocycles. The van der Waals surface area contributed by atoms with E-state index in [9.17, 15) is 13.2 Å². The molecule has 1 nitrogen and oxygen atoms in total. The lowest BCUT2D eigenvalue weighted by atomic mass is 10.1. The number of halogens is 3. The predicted molar refractivity (Wildman–Crippen MR) is 74.4 cm³/mol. The highest BCUT2D eigenvalue weighted by molar-refractivity contribution is 8.00. The van der Waals surface area contributed by atoms with Crippen LogP contribution >= 0.6 is 11.8 Å². The fourth-order valence-electron chi connectivity index (χ4n) is 1.58. The second-order valence-electron chi connectivity index (χ2n) is 4.45. The Labute approximate surface area is 117 Å². The monoisotopic (exact) mass is 291 g/mol. The Kier molecular flexibility index (Phi) is 6.20. The van der Waals surface area contributed by atoms with Crippen LogP contribution in [0.1, 0.15) is 38.3 Å². The van der Waals surface area contributed by atoms with Gasteiger partial charge in [0.2, 0.25) is 0 Å². The van der Waals surface area contributed by atoms with Crippen LogP contribution in [0.5, 0.6) is 0 Å². The highest BCUT2D eigenvalue weighted by atomic mass is 32.2. The summed E-state index contributed by atoms with van der Waals surface area (Å²) in [6, 6.07) is 4.61. The molecule has 0 bridgehead atoms. The van der Waals surface area contributed by atoms with Gasteiger partial charge in [-0.3, -0.25) is 0 Å². The van der Waals surface area contributed by atoms with E-state index in [0.717, 1.165) is 13.0 Å². The van der Waals surface area contributed by atoms with Crippen molar-refractivity contribution in [2.24, 2.45) is 0 Å². The summed E-state index contributed by atoms with van der Waals surface area (Å²) < 4.78 is 39.2. The van der Waals surface area contributed by atoms with Crippen LogP contribution in [0, 0.1) is 0 Å². The molecule has 0 aliphatic heterocycles. The minimum Gasteiger partial charge on any atom is -0.313 e. The maximum Gasteiger partial charge on any atom is 0.417 e. The van der Waals surface area contributed by atoms with E-state index < -0.39 is 11.7 Å². The largest absolute Gasteiger partial charge is 0.417 e. The standard InChI is InChI=1S/C14H20F3NS/c1-4-10(3)19-13-7-6-11(9-18-5-2)8-12(13)14(15,16)17/h6-8,10,18H,4-5,9H2,1-3H3. The van der Waals surface area contributed by atoms with Gasteiger partial charge in [-0.25, -0.2) is 0 Å². The van der Waals surface area contributed by atoms with E-state index in [1.165, 1.54) is 17.8 Å². The Balaban J connectivity index is 3.03. The SMILES string of the molecule is CCNCc1ccc(SC(C)CC)c(C(F)(F)F)c1. The molecule has 108 valence electrons. The van der Waals surface area contributed by atoms with Gasteiger partial charge < -0.3 is 5.32 Å². The van der Waals surface area contributed by atoms with E-state index in [1.54, 1.807) is 12.1 Å². The summed E-state index contributed by atoms with van der Waals surface area (Å²) in [6.07, 6.45) is -3.45. The Morgan fingerprint density at radius 2 is 1.95 bits per heavy atom. The maximum atomic E-state index is 13.1. The molecular formula is C14H20F3NS. The third-order valence-electron chi connectivity index (χ3n) is 2.83. The normalized spacial score (nSPS) is 13.6. The van der Waals surface area contributed by atoms with Gasteiger partial charge in [0, 0.05) is 16.7 Å². The zero-order valence-corrected chi connectivity index (χ0v) is 12.3. The van der Waals surface area contributed by atoms with Crippen molar-refractivity contribution in [1.29, 1.82) is 0 Å². The van der Waals surface area contributed by atoms with Gasteiger partial charge in [-0.2, -0.15) is 13.2 Å². The van der Waals surface area contributed by atoms with Gasteiger partial charge in [0.1, 0.15) is 0 Å². The summed E-state index contributed by atoms with van der Waals surface area (Å²) in [7, 11) is 0. The average molecular weight is 291 g/mol. The van der Waals surface area contributed by atoms with Crippen molar-refractivity contribution in [3.63, 3.8) is 0 Å². The van der Waals surface area contributed by atoms with E-state index >= 15 is 0 Å². The van der Waals surface area contributed by atoms with Gasteiger partial charge in [-0.1, -0.05) is 26.8 Å². The lowest BCUT2D eigenvalue weighted by Crippen LogP contribution is -2.14. The summed E-state index contributed by atoms with van der Waals surface area (Å²) in [4.78, 5) is 0.321. The van der Waals surface area contributed by atoms with E-state index in [-0.39, 0.29) is 5.25 Å². The molecule has 1 N–H and O–H groups in total. The quantitative estimate of drug-likeness (QED) is 0.762. The van der Waals surface area contributed by atoms with Gasteiger partial charge in [-0.15, -0.1) is 11.8 Å². The summed E-state index contributed by atoms with van der Waals surface area (Å²) in [6.45, 7) is 7.05. The molecule has 0 heterocycles. The Morgan fingerprint density at radius 3 is 2.47 bits per heavy atom. The van der Waals surface area contributed by atoms with Gasteiger partial charge in [0.15, 0.2) is 0 Å². The molecular weight excluding hydrogens is 271 g/mol. The molecule has 1 aromatic rings. The molecule has 19 heavy (non-hydrogen) atoms. The number of hydrogen-bond acceptors (Lipinski definition) is 2. The minimum atomic E-state index is -4.29. The first kappa shape index (κ1) is 16.4. The van der Waals surface area contributed by atoms with Crippen molar-refractivity contribution in [3.8, 4) is 0 Å². The molecule has 0 fully saturated rings. The van der Waals surface area contributed by atoms with Crippen LogP contribution in [-0.4, -0.2) is 11.8 Å². The first-order valence-electron chi connectivity index (χ1n) is 6.46. The molecule has 0 aliphatic carbocycles. The van der Waals surface area contributed by atoms with Gasteiger partial charge in [-0.05, 0) is 30.7 Å². The Hall–Kier alpha value is -0.680. The topological polar surface area (TPSA) is 12.0 Å². The molecule has 1 unspecified atom stereocenters. The fraction of sp³-hybridized carbons (Fsp3) is 0.571. The molecule has 0 radical (unpaired) electrons. The Morgan fingerprint density at radius 1 is 1.26 bits per heavy atom. The van der Waals surface area contributed by atoms with E-state index in [0.29, 0.717) is 17.0 Å². The lowest BCUT2D eigenvalue weighted by molar-refractivity contribution is -0.139. The summed E-state index contributed by atoms with van der Waals surface area (Å²) >= 11 is 1.29. The van der Waals surface area contributed by atoms with Crippen LogP contribution in [0.4, 0.5) is 13.2 Å². The highest BCUT2D eigenvalue weighted by Gasteiger charge is 2.34. The number of hydrogen-bond donors (Lipinski definition) is 1. The lowest BCUT2D eigenvalue weighted by Gasteiger charge is -2.16. The molecule has 1 aromatic carbocycles. The molecule has 0 spiro atoms. The average Bonchev–Trinajstić information content (AvgIpc) is 2.36.